The molecule has 0 saturated heterocycles. The molecule has 1 heterocycles. The molecule has 0 saturated carbocycles. The molecule has 82 valence electrons. The van der Waals surface area contributed by atoms with Crippen molar-refractivity contribution in [3.63, 3.8) is 0 Å². The topological polar surface area (TPSA) is 86.9 Å². The molecular weight excluding hydrogens is 204 g/mol. The van der Waals surface area contributed by atoms with E-state index in [1.807, 2.05) is 30.3 Å². The normalized spacial score (nSPS) is 10.2. The third-order valence-corrected chi connectivity index (χ3v) is 2.24. The number of nitrogen functional groups attached to an aromatic ring is 1. The summed E-state index contributed by atoms with van der Waals surface area (Å²) in [5, 5.41) is 4.02. The van der Waals surface area contributed by atoms with Gasteiger partial charge < -0.3 is 11.5 Å². The molecule has 0 aliphatic carbocycles. The molecule has 5 nitrogen and oxygen atoms in total. The molecule has 0 aliphatic heterocycles. The lowest BCUT2D eigenvalue weighted by molar-refractivity contribution is 0.100. The molecule has 0 spiro atoms. The van der Waals surface area contributed by atoms with Crippen molar-refractivity contribution in [2.45, 2.75) is 6.54 Å². The number of nitrogens with two attached hydrogens (primary N) is 2. The maximum absolute atomic E-state index is 11.0. The molecule has 2 aromatic rings. The minimum atomic E-state index is -0.559. The molecule has 16 heavy (non-hydrogen) atoms. The van der Waals surface area contributed by atoms with Gasteiger partial charge in [0, 0.05) is 6.20 Å². The van der Waals surface area contributed by atoms with Crippen molar-refractivity contribution in [3.8, 4) is 0 Å². The van der Waals surface area contributed by atoms with Crippen LogP contribution in [0, 0.1) is 0 Å². The van der Waals surface area contributed by atoms with E-state index in [-0.39, 0.29) is 11.4 Å². The highest BCUT2D eigenvalue weighted by Crippen LogP contribution is 2.09. The van der Waals surface area contributed by atoms with Gasteiger partial charge in [0.1, 0.15) is 5.56 Å². The summed E-state index contributed by atoms with van der Waals surface area (Å²) in [4.78, 5) is 11.0. The van der Waals surface area contributed by atoms with Crippen LogP contribution in [-0.4, -0.2) is 15.7 Å². The van der Waals surface area contributed by atoms with Gasteiger partial charge in [-0.2, -0.15) is 5.10 Å². The number of hydrogen-bond acceptors (Lipinski definition) is 3. The second kappa shape index (κ2) is 4.06. The number of benzene rings is 1. The number of aromatic nitrogens is 2. The number of carbonyl (C=O) groups is 1. The summed E-state index contributed by atoms with van der Waals surface area (Å²) in [7, 11) is 0. The van der Waals surface area contributed by atoms with Crippen LogP contribution in [0.3, 0.4) is 0 Å². The fraction of sp³-hybridized carbons (Fsp3) is 0.0909. The monoisotopic (exact) mass is 216 g/mol. The number of amides is 1. The average Bonchev–Trinajstić information content (AvgIpc) is 2.61. The smallest absolute Gasteiger partial charge is 0.254 e. The van der Waals surface area contributed by atoms with Crippen LogP contribution in [0.1, 0.15) is 15.9 Å². The number of rotatable bonds is 3. The average molecular weight is 216 g/mol. The summed E-state index contributed by atoms with van der Waals surface area (Å²) < 4.78 is 1.60. The quantitative estimate of drug-likeness (QED) is 0.788. The van der Waals surface area contributed by atoms with Gasteiger partial charge in [-0.05, 0) is 5.56 Å². The Kier molecular flexibility index (Phi) is 2.59. The molecule has 5 heteroatoms. The van der Waals surface area contributed by atoms with Crippen LogP contribution < -0.4 is 11.5 Å². The van der Waals surface area contributed by atoms with E-state index in [4.69, 9.17) is 11.5 Å². The molecule has 0 radical (unpaired) electrons. The van der Waals surface area contributed by atoms with Gasteiger partial charge in [-0.1, -0.05) is 30.3 Å². The highest BCUT2D eigenvalue weighted by atomic mass is 16.1. The van der Waals surface area contributed by atoms with Gasteiger partial charge in [0.15, 0.2) is 5.82 Å². The first kappa shape index (κ1) is 10.2. The summed E-state index contributed by atoms with van der Waals surface area (Å²) in [6, 6.07) is 9.77. The van der Waals surface area contributed by atoms with E-state index in [1.54, 1.807) is 10.9 Å². The van der Waals surface area contributed by atoms with Crippen LogP contribution in [0.25, 0.3) is 0 Å². The molecule has 0 bridgehead atoms. The number of anilines is 1. The molecule has 1 amide bonds. The standard InChI is InChI=1S/C11H12N4O/c12-10-9(11(13)16)7-15(14-10)6-8-4-2-1-3-5-8/h1-5,7H,6H2,(H2,12,14)(H2,13,16). The van der Waals surface area contributed by atoms with Crippen molar-refractivity contribution in [1.29, 1.82) is 0 Å². The lowest BCUT2D eigenvalue weighted by Gasteiger charge is -2.00. The fourth-order valence-electron chi connectivity index (χ4n) is 1.48. The molecule has 1 aromatic heterocycles. The number of carbonyl (C=O) groups excluding carboxylic acids is 1. The van der Waals surface area contributed by atoms with Crippen LogP contribution in [-0.2, 0) is 6.54 Å². The minimum absolute atomic E-state index is 0.170. The van der Waals surface area contributed by atoms with Gasteiger partial charge in [-0.25, -0.2) is 0 Å². The van der Waals surface area contributed by atoms with E-state index < -0.39 is 5.91 Å². The highest BCUT2D eigenvalue weighted by Gasteiger charge is 2.10. The van der Waals surface area contributed by atoms with E-state index in [2.05, 4.69) is 5.10 Å². The van der Waals surface area contributed by atoms with Gasteiger partial charge >= 0.3 is 0 Å². The summed E-state index contributed by atoms with van der Waals surface area (Å²) in [6.45, 7) is 0.568. The van der Waals surface area contributed by atoms with Crippen molar-refractivity contribution in [3.05, 3.63) is 47.7 Å². The Morgan fingerprint density at radius 1 is 1.31 bits per heavy atom. The van der Waals surface area contributed by atoms with Gasteiger partial charge in [0.2, 0.25) is 0 Å². The van der Waals surface area contributed by atoms with Gasteiger partial charge in [0.05, 0.1) is 6.54 Å². The molecule has 2 rings (SSSR count). The SMILES string of the molecule is NC(=O)c1cn(Cc2ccccc2)nc1N. The van der Waals surface area contributed by atoms with Gasteiger partial charge in [-0.3, -0.25) is 9.48 Å². The van der Waals surface area contributed by atoms with Crippen LogP contribution in [0.5, 0.6) is 0 Å². The summed E-state index contributed by atoms with van der Waals surface area (Å²) >= 11 is 0. The minimum Gasteiger partial charge on any atom is -0.382 e. The van der Waals surface area contributed by atoms with Crippen molar-refractivity contribution in [2.75, 3.05) is 5.73 Å². The first-order valence-electron chi connectivity index (χ1n) is 4.83. The Labute approximate surface area is 92.7 Å². The summed E-state index contributed by atoms with van der Waals surface area (Å²) in [5.41, 5.74) is 12.1. The first-order valence-corrected chi connectivity index (χ1v) is 4.83. The Morgan fingerprint density at radius 3 is 2.56 bits per heavy atom. The van der Waals surface area contributed by atoms with E-state index in [0.717, 1.165) is 5.56 Å². The number of nitrogens with zero attached hydrogens (tertiary/aromatic N) is 2. The zero-order valence-electron chi connectivity index (χ0n) is 8.63. The second-order valence-electron chi connectivity index (χ2n) is 3.48. The summed E-state index contributed by atoms with van der Waals surface area (Å²) in [5.74, 6) is -0.389. The van der Waals surface area contributed by atoms with E-state index in [0.29, 0.717) is 6.54 Å². The van der Waals surface area contributed by atoms with Crippen LogP contribution in [0.15, 0.2) is 36.5 Å². The van der Waals surface area contributed by atoms with Crippen molar-refractivity contribution >= 4 is 11.7 Å². The molecule has 1 aromatic carbocycles. The van der Waals surface area contributed by atoms with Gasteiger partial charge in [-0.15, -0.1) is 0 Å². The predicted molar refractivity (Wildman–Crippen MR) is 60.7 cm³/mol. The van der Waals surface area contributed by atoms with Crippen molar-refractivity contribution in [1.82, 2.24) is 9.78 Å². The maximum atomic E-state index is 11.0. The van der Waals surface area contributed by atoms with Crippen LogP contribution in [0.2, 0.25) is 0 Å². The molecular formula is C11H12N4O. The van der Waals surface area contributed by atoms with E-state index in [1.165, 1.54) is 0 Å². The van der Waals surface area contributed by atoms with E-state index in [9.17, 15) is 4.79 Å². The van der Waals surface area contributed by atoms with Crippen LogP contribution >= 0.6 is 0 Å². The Balaban J connectivity index is 2.23. The van der Waals surface area contributed by atoms with Crippen molar-refractivity contribution < 1.29 is 4.79 Å². The number of hydrogen-bond donors (Lipinski definition) is 2. The molecule has 0 fully saturated rings. The third kappa shape index (κ3) is 2.03. The Hall–Kier alpha value is -2.30. The fourth-order valence-corrected chi connectivity index (χ4v) is 1.48. The molecule has 4 N–H and O–H groups in total. The Bertz CT molecular complexity index is 504. The van der Waals surface area contributed by atoms with Gasteiger partial charge in [0.25, 0.3) is 5.91 Å². The molecule has 0 atom stereocenters. The molecule has 0 aliphatic rings. The number of primary amides is 1. The predicted octanol–water partition coefficient (Wildman–Crippen LogP) is 0.613. The lowest BCUT2D eigenvalue weighted by Crippen LogP contribution is -2.11. The largest absolute Gasteiger partial charge is 0.382 e. The summed E-state index contributed by atoms with van der Waals surface area (Å²) in [6.07, 6.45) is 1.56. The maximum Gasteiger partial charge on any atom is 0.254 e. The Morgan fingerprint density at radius 2 is 2.00 bits per heavy atom. The highest BCUT2D eigenvalue weighted by molar-refractivity contribution is 5.96. The first-order chi connectivity index (χ1) is 7.66. The molecule has 0 unspecified atom stereocenters. The lowest BCUT2D eigenvalue weighted by atomic mass is 10.2. The third-order valence-electron chi connectivity index (χ3n) is 2.24. The second-order valence-corrected chi connectivity index (χ2v) is 3.48. The van der Waals surface area contributed by atoms with E-state index >= 15 is 0 Å². The van der Waals surface area contributed by atoms with Crippen LogP contribution in [0.4, 0.5) is 5.82 Å². The zero-order chi connectivity index (χ0) is 11.5. The zero-order valence-corrected chi connectivity index (χ0v) is 8.63. The van der Waals surface area contributed by atoms with Crippen molar-refractivity contribution in [2.24, 2.45) is 5.73 Å².